The summed E-state index contributed by atoms with van der Waals surface area (Å²) in [6, 6.07) is 16.4. The zero-order valence-corrected chi connectivity index (χ0v) is 15.7. The molecule has 0 radical (unpaired) electrons. The summed E-state index contributed by atoms with van der Waals surface area (Å²) in [6.07, 6.45) is 3.93. The van der Waals surface area contributed by atoms with E-state index in [1.165, 1.54) is 0 Å². The van der Waals surface area contributed by atoms with Gasteiger partial charge in [-0.25, -0.2) is 13.1 Å². The zero-order chi connectivity index (χ0) is 17.0. The molecule has 4 nitrogen and oxygen atoms in total. The number of halogens is 1. The lowest BCUT2D eigenvalue weighted by Crippen LogP contribution is -2.48. The molecule has 0 heterocycles. The fraction of sp³-hybridized carbons (Fsp3) is 0.333. The number of hydrogen-bond donors (Lipinski definition) is 2. The van der Waals surface area contributed by atoms with Gasteiger partial charge in [0.25, 0.3) is 0 Å². The maximum Gasteiger partial charge on any atom is 0.240 e. The summed E-state index contributed by atoms with van der Waals surface area (Å²) in [4.78, 5) is 0.315. The Hall–Kier alpha value is -1.37. The summed E-state index contributed by atoms with van der Waals surface area (Å²) in [7, 11) is -3.50. The van der Waals surface area contributed by atoms with E-state index in [0.717, 1.165) is 35.8 Å². The van der Waals surface area contributed by atoms with E-state index in [2.05, 4.69) is 26.0 Å². The van der Waals surface area contributed by atoms with Crippen LogP contribution in [0.2, 0.25) is 0 Å². The molecule has 0 aliphatic heterocycles. The Kier molecular flexibility index (Phi) is 5.58. The van der Waals surface area contributed by atoms with Crippen LogP contribution in [-0.4, -0.2) is 20.5 Å². The molecule has 0 bridgehead atoms. The molecule has 1 aliphatic carbocycles. The van der Waals surface area contributed by atoms with Crippen LogP contribution in [0.1, 0.15) is 25.7 Å². The van der Waals surface area contributed by atoms with E-state index >= 15 is 0 Å². The van der Waals surface area contributed by atoms with Gasteiger partial charge in [-0.3, -0.25) is 0 Å². The van der Waals surface area contributed by atoms with Crippen molar-refractivity contribution in [2.45, 2.75) is 42.7 Å². The number of rotatable bonds is 5. The molecule has 3 rings (SSSR count). The Morgan fingerprint density at radius 2 is 1.50 bits per heavy atom. The van der Waals surface area contributed by atoms with E-state index in [4.69, 9.17) is 0 Å². The molecule has 2 aromatic carbocycles. The molecular formula is C18H21BrN2O2S. The van der Waals surface area contributed by atoms with E-state index < -0.39 is 10.0 Å². The number of sulfonamides is 1. The predicted molar refractivity (Wildman–Crippen MR) is 101 cm³/mol. The van der Waals surface area contributed by atoms with Gasteiger partial charge < -0.3 is 5.32 Å². The normalized spacial score (nSPS) is 21.4. The van der Waals surface area contributed by atoms with Crippen molar-refractivity contribution in [2.24, 2.45) is 0 Å². The molecule has 0 saturated heterocycles. The first kappa shape index (κ1) is 17.5. The van der Waals surface area contributed by atoms with Crippen LogP contribution >= 0.6 is 15.9 Å². The summed E-state index contributed by atoms with van der Waals surface area (Å²) in [5.41, 5.74) is 0.994. The monoisotopic (exact) mass is 408 g/mol. The number of hydrogen-bond acceptors (Lipinski definition) is 3. The lowest BCUT2D eigenvalue weighted by molar-refractivity contribution is 0.378. The van der Waals surface area contributed by atoms with E-state index in [1.807, 2.05) is 30.3 Å². The topological polar surface area (TPSA) is 58.2 Å². The van der Waals surface area contributed by atoms with Crippen molar-refractivity contribution in [2.75, 3.05) is 5.32 Å². The second-order valence-electron chi connectivity index (χ2n) is 6.06. The molecule has 1 aliphatic rings. The third-order valence-corrected chi connectivity index (χ3v) is 6.54. The average Bonchev–Trinajstić information content (AvgIpc) is 2.59. The lowest BCUT2D eigenvalue weighted by atomic mass is 9.91. The first-order chi connectivity index (χ1) is 11.6. The Balaban J connectivity index is 1.77. The van der Waals surface area contributed by atoms with Crippen LogP contribution in [0, 0.1) is 0 Å². The summed E-state index contributed by atoms with van der Waals surface area (Å²) >= 11 is 3.54. The molecule has 2 aromatic rings. The minimum atomic E-state index is -3.50. The van der Waals surface area contributed by atoms with Gasteiger partial charge in [0.05, 0.1) is 4.90 Å². The average molecular weight is 409 g/mol. The molecule has 6 heteroatoms. The van der Waals surface area contributed by atoms with Crippen LogP contribution in [0.4, 0.5) is 5.69 Å². The van der Waals surface area contributed by atoms with Crippen molar-refractivity contribution >= 4 is 31.6 Å². The number of nitrogens with one attached hydrogen (secondary N) is 2. The molecular weight excluding hydrogens is 388 g/mol. The van der Waals surface area contributed by atoms with Gasteiger partial charge in [-0.15, -0.1) is 0 Å². The molecule has 24 heavy (non-hydrogen) atoms. The summed E-state index contributed by atoms with van der Waals surface area (Å²) < 4.78 is 29.1. The first-order valence-corrected chi connectivity index (χ1v) is 10.4. The first-order valence-electron chi connectivity index (χ1n) is 8.15. The van der Waals surface area contributed by atoms with Crippen molar-refractivity contribution in [3.8, 4) is 0 Å². The smallest absolute Gasteiger partial charge is 0.240 e. The Labute approximate surface area is 151 Å². The predicted octanol–water partition coefficient (Wildman–Crippen LogP) is 4.15. The fourth-order valence-electron chi connectivity index (χ4n) is 3.09. The van der Waals surface area contributed by atoms with E-state index in [-0.39, 0.29) is 12.1 Å². The SMILES string of the molecule is O=S(=O)(NC1CCCCC1Nc1ccccc1Br)c1ccccc1. The van der Waals surface area contributed by atoms with Gasteiger partial charge in [-0.05, 0) is 53.0 Å². The molecule has 0 spiro atoms. The third-order valence-electron chi connectivity index (χ3n) is 4.34. The molecule has 128 valence electrons. The van der Waals surface area contributed by atoms with Gasteiger partial charge in [0.1, 0.15) is 0 Å². The molecule has 1 fully saturated rings. The molecule has 0 aromatic heterocycles. The summed E-state index contributed by atoms with van der Waals surface area (Å²) in [5, 5.41) is 3.50. The maximum absolute atomic E-state index is 12.6. The van der Waals surface area contributed by atoms with Gasteiger partial charge in [0, 0.05) is 22.2 Å². The molecule has 2 N–H and O–H groups in total. The van der Waals surface area contributed by atoms with Crippen LogP contribution in [0.5, 0.6) is 0 Å². The zero-order valence-electron chi connectivity index (χ0n) is 13.3. The molecule has 1 saturated carbocycles. The number of benzene rings is 2. The van der Waals surface area contributed by atoms with E-state index in [1.54, 1.807) is 24.3 Å². The standard InChI is InChI=1S/C18H21BrN2O2S/c19-15-10-4-5-11-16(15)20-17-12-6-7-13-18(17)21-24(22,23)14-8-2-1-3-9-14/h1-5,8-11,17-18,20-21H,6-7,12-13H2. The minimum Gasteiger partial charge on any atom is -0.380 e. The van der Waals surface area contributed by atoms with Gasteiger partial charge in [-0.1, -0.05) is 43.2 Å². The van der Waals surface area contributed by atoms with Crippen LogP contribution in [-0.2, 0) is 10.0 Å². The Bertz CT molecular complexity index is 781. The van der Waals surface area contributed by atoms with Gasteiger partial charge in [0.2, 0.25) is 10.0 Å². The highest BCUT2D eigenvalue weighted by molar-refractivity contribution is 9.10. The summed E-state index contributed by atoms with van der Waals surface area (Å²) in [6.45, 7) is 0. The van der Waals surface area contributed by atoms with Crippen molar-refractivity contribution in [3.05, 3.63) is 59.1 Å². The highest BCUT2D eigenvalue weighted by Crippen LogP contribution is 2.27. The third kappa shape index (κ3) is 4.18. The van der Waals surface area contributed by atoms with Crippen molar-refractivity contribution < 1.29 is 8.42 Å². The van der Waals surface area contributed by atoms with Gasteiger partial charge in [0.15, 0.2) is 0 Å². The second kappa shape index (κ2) is 7.68. The number of anilines is 1. The number of para-hydroxylation sites is 1. The van der Waals surface area contributed by atoms with E-state index in [0.29, 0.717) is 4.90 Å². The Morgan fingerprint density at radius 1 is 0.875 bits per heavy atom. The molecule has 0 amide bonds. The Morgan fingerprint density at radius 3 is 2.21 bits per heavy atom. The highest BCUT2D eigenvalue weighted by atomic mass is 79.9. The fourth-order valence-corrected chi connectivity index (χ4v) is 4.82. The van der Waals surface area contributed by atoms with Crippen LogP contribution in [0.25, 0.3) is 0 Å². The van der Waals surface area contributed by atoms with Gasteiger partial charge >= 0.3 is 0 Å². The van der Waals surface area contributed by atoms with Crippen molar-refractivity contribution in [3.63, 3.8) is 0 Å². The largest absolute Gasteiger partial charge is 0.380 e. The van der Waals surface area contributed by atoms with Crippen LogP contribution in [0.15, 0.2) is 64.0 Å². The van der Waals surface area contributed by atoms with Crippen LogP contribution in [0.3, 0.4) is 0 Å². The molecule has 2 unspecified atom stereocenters. The maximum atomic E-state index is 12.6. The van der Waals surface area contributed by atoms with E-state index in [9.17, 15) is 8.42 Å². The summed E-state index contributed by atoms with van der Waals surface area (Å²) in [5.74, 6) is 0. The quantitative estimate of drug-likeness (QED) is 0.780. The van der Waals surface area contributed by atoms with Crippen molar-refractivity contribution in [1.82, 2.24) is 4.72 Å². The van der Waals surface area contributed by atoms with Gasteiger partial charge in [-0.2, -0.15) is 0 Å². The van der Waals surface area contributed by atoms with Crippen LogP contribution < -0.4 is 10.0 Å². The second-order valence-corrected chi connectivity index (χ2v) is 8.62. The lowest BCUT2D eigenvalue weighted by Gasteiger charge is -2.33. The minimum absolute atomic E-state index is 0.0796. The highest BCUT2D eigenvalue weighted by Gasteiger charge is 2.29. The van der Waals surface area contributed by atoms with Crippen molar-refractivity contribution in [1.29, 1.82) is 0 Å². The molecule has 2 atom stereocenters.